The van der Waals surface area contributed by atoms with Crippen LogP contribution in [0.25, 0.3) is 66.1 Å². The lowest BCUT2D eigenvalue weighted by Gasteiger charge is -2.19. The van der Waals surface area contributed by atoms with E-state index in [2.05, 4.69) is 136 Å². The van der Waals surface area contributed by atoms with Crippen LogP contribution >= 0.6 is 0 Å². The molecule has 238 valence electrons. The van der Waals surface area contributed by atoms with Crippen molar-refractivity contribution in [2.75, 3.05) is 0 Å². The number of halogens is 2. The van der Waals surface area contributed by atoms with Crippen LogP contribution in [0.1, 0.15) is 52.7 Å². The zero-order valence-corrected chi connectivity index (χ0v) is 28.2. The van der Waals surface area contributed by atoms with Crippen LogP contribution in [0.15, 0.2) is 121 Å². The molecule has 0 aliphatic rings. The molecule has 0 atom stereocenters. The summed E-state index contributed by atoms with van der Waals surface area (Å²) in [5, 5.41) is 3.89. The van der Waals surface area contributed by atoms with Gasteiger partial charge in [0.15, 0.2) is 0 Å². The topological polar surface area (TPSA) is 9.86 Å². The number of fused-ring (bicyclic) bond motifs is 6. The van der Waals surface area contributed by atoms with Crippen LogP contribution < -0.4 is 0 Å². The normalized spacial score (nSPS) is 12.6. The summed E-state index contributed by atoms with van der Waals surface area (Å²) in [5.41, 5.74) is 10.6. The Kier molecular flexibility index (Phi) is 6.68. The minimum atomic E-state index is -0.240. The Hall–Kier alpha value is -5.22. The van der Waals surface area contributed by atoms with Crippen molar-refractivity contribution in [3.8, 4) is 22.5 Å². The first-order valence-corrected chi connectivity index (χ1v) is 16.6. The molecule has 2 aromatic heterocycles. The van der Waals surface area contributed by atoms with Crippen molar-refractivity contribution in [3.63, 3.8) is 0 Å². The fourth-order valence-corrected chi connectivity index (χ4v) is 7.13. The molecule has 0 unspecified atom stereocenters. The van der Waals surface area contributed by atoms with E-state index in [0.29, 0.717) is 0 Å². The van der Waals surface area contributed by atoms with Crippen LogP contribution in [0.5, 0.6) is 0 Å². The molecule has 0 spiro atoms. The molecule has 0 radical (unpaired) electrons. The number of benzene rings is 6. The lowest BCUT2D eigenvalue weighted by molar-refractivity contribution is 0.591. The Morgan fingerprint density at radius 2 is 0.750 bits per heavy atom. The standard InChI is InChI=1S/C44H38F2N2/c1-43(2,3)29-13-17-39-35(23-29)37-25-31(45)15-19-41(37)47(39)33-11-7-9-27(21-33)28-10-8-12-34(22-28)48-40-18-14-30(44(4,5)6)24-36(40)38-26-32(46)16-20-42(38)48/h7-26H,1-6H3. The highest BCUT2D eigenvalue weighted by molar-refractivity contribution is 6.10. The van der Waals surface area contributed by atoms with Gasteiger partial charge in [-0.05, 0) is 118 Å². The van der Waals surface area contributed by atoms with Gasteiger partial charge in [0.2, 0.25) is 0 Å². The predicted octanol–water partition coefficient (Wildman–Crippen LogP) is 12.4. The maximum absolute atomic E-state index is 14.6. The molecule has 8 rings (SSSR count). The van der Waals surface area contributed by atoms with Gasteiger partial charge in [-0.2, -0.15) is 0 Å². The molecule has 4 heteroatoms. The summed E-state index contributed by atoms with van der Waals surface area (Å²) >= 11 is 0. The SMILES string of the molecule is CC(C)(C)c1ccc2c(c1)c1cc(F)ccc1n2-c1cccc(-c2cccc(-n3c4ccc(F)cc4c4cc(C(C)(C)C)ccc43)c2)c1. The number of hydrogen-bond donors (Lipinski definition) is 0. The highest BCUT2D eigenvalue weighted by Gasteiger charge is 2.20. The molecule has 0 N–H and O–H groups in total. The number of aromatic nitrogens is 2. The molecular formula is C44H38F2N2. The van der Waals surface area contributed by atoms with Gasteiger partial charge in [0.25, 0.3) is 0 Å². The summed E-state index contributed by atoms with van der Waals surface area (Å²) in [6, 6.07) is 40.3. The van der Waals surface area contributed by atoms with Crippen molar-refractivity contribution in [2.24, 2.45) is 0 Å². The molecule has 0 aliphatic carbocycles. The Morgan fingerprint density at radius 3 is 1.12 bits per heavy atom. The van der Waals surface area contributed by atoms with E-state index < -0.39 is 0 Å². The quantitative estimate of drug-likeness (QED) is 0.183. The first kappa shape index (κ1) is 30.1. The minimum absolute atomic E-state index is 0.0275. The molecule has 0 saturated carbocycles. The summed E-state index contributed by atoms with van der Waals surface area (Å²) in [7, 11) is 0. The monoisotopic (exact) mass is 632 g/mol. The second-order valence-electron chi connectivity index (χ2n) is 15.1. The maximum Gasteiger partial charge on any atom is 0.123 e. The van der Waals surface area contributed by atoms with Crippen LogP contribution in [-0.2, 0) is 10.8 Å². The van der Waals surface area contributed by atoms with E-state index in [-0.39, 0.29) is 22.5 Å². The summed E-state index contributed by atoms with van der Waals surface area (Å²) in [6.45, 7) is 13.2. The molecular weight excluding hydrogens is 594 g/mol. The third-order valence-corrected chi connectivity index (χ3v) is 9.73. The lowest BCUT2D eigenvalue weighted by atomic mass is 9.86. The van der Waals surface area contributed by atoms with E-state index in [1.807, 2.05) is 12.1 Å². The molecule has 0 saturated heterocycles. The van der Waals surface area contributed by atoms with Crippen LogP contribution in [0.2, 0.25) is 0 Å². The summed E-state index contributed by atoms with van der Waals surface area (Å²) in [4.78, 5) is 0. The number of hydrogen-bond acceptors (Lipinski definition) is 0. The Morgan fingerprint density at radius 1 is 0.396 bits per heavy atom. The van der Waals surface area contributed by atoms with Crippen molar-refractivity contribution in [1.29, 1.82) is 0 Å². The van der Waals surface area contributed by atoms with Crippen LogP contribution in [0, 0.1) is 11.6 Å². The van der Waals surface area contributed by atoms with E-state index >= 15 is 0 Å². The molecule has 0 fully saturated rings. The Labute approximate surface area is 279 Å². The average molecular weight is 633 g/mol. The van der Waals surface area contributed by atoms with Crippen molar-refractivity contribution < 1.29 is 8.78 Å². The second kappa shape index (κ2) is 10.6. The fraction of sp³-hybridized carbons (Fsp3) is 0.182. The van der Waals surface area contributed by atoms with Gasteiger partial charge in [-0.3, -0.25) is 0 Å². The van der Waals surface area contributed by atoms with Gasteiger partial charge in [-0.1, -0.05) is 77.9 Å². The minimum Gasteiger partial charge on any atom is -0.309 e. The highest BCUT2D eigenvalue weighted by atomic mass is 19.1. The highest BCUT2D eigenvalue weighted by Crippen LogP contribution is 2.39. The third-order valence-electron chi connectivity index (χ3n) is 9.73. The van der Waals surface area contributed by atoms with Crippen LogP contribution in [-0.4, -0.2) is 9.13 Å². The van der Waals surface area contributed by atoms with E-state index in [4.69, 9.17) is 0 Å². The Bertz CT molecular complexity index is 2370. The van der Waals surface area contributed by atoms with Gasteiger partial charge >= 0.3 is 0 Å². The van der Waals surface area contributed by atoms with Crippen molar-refractivity contribution >= 4 is 43.6 Å². The number of nitrogens with zero attached hydrogens (tertiary/aromatic N) is 2. The Balaban J connectivity index is 1.29. The largest absolute Gasteiger partial charge is 0.309 e. The smallest absolute Gasteiger partial charge is 0.123 e. The van der Waals surface area contributed by atoms with E-state index in [1.54, 1.807) is 12.1 Å². The third kappa shape index (κ3) is 4.90. The first-order chi connectivity index (χ1) is 22.9. The van der Waals surface area contributed by atoms with Gasteiger partial charge < -0.3 is 9.13 Å². The van der Waals surface area contributed by atoms with E-state index in [9.17, 15) is 8.78 Å². The molecule has 2 nitrogen and oxygen atoms in total. The second-order valence-corrected chi connectivity index (χ2v) is 15.1. The molecule has 6 aromatic carbocycles. The van der Waals surface area contributed by atoms with Crippen LogP contribution in [0.3, 0.4) is 0 Å². The zero-order chi connectivity index (χ0) is 33.5. The fourth-order valence-electron chi connectivity index (χ4n) is 7.13. The lowest BCUT2D eigenvalue weighted by Crippen LogP contribution is -2.10. The van der Waals surface area contributed by atoms with Crippen molar-refractivity contribution in [2.45, 2.75) is 52.4 Å². The number of rotatable bonds is 3. The van der Waals surface area contributed by atoms with Gasteiger partial charge in [0.1, 0.15) is 11.6 Å². The summed E-state index contributed by atoms with van der Waals surface area (Å²) < 4.78 is 33.7. The summed E-state index contributed by atoms with van der Waals surface area (Å²) in [5.74, 6) is -0.480. The molecule has 48 heavy (non-hydrogen) atoms. The predicted molar refractivity (Wildman–Crippen MR) is 198 cm³/mol. The van der Waals surface area contributed by atoms with Crippen LogP contribution in [0.4, 0.5) is 8.78 Å². The molecule has 2 heterocycles. The molecule has 0 aliphatic heterocycles. The average Bonchev–Trinajstić information content (AvgIpc) is 3.55. The molecule has 0 amide bonds. The van der Waals surface area contributed by atoms with Gasteiger partial charge in [-0.25, -0.2) is 8.78 Å². The molecule has 8 aromatic rings. The molecule has 0 bridgehead atoms. The maximum atomic E-state index is 14.6. The van der Waals surface area contributed by atoms with E-state index in [0.717, 1.165) is 66.1 Å². The van der Waals surface area contributed by atoms with Crippen molar-refractivity contribution in [3.05, 3.63) is 144 Å². The van der Waals surface area contributed by atoms with E-state index in [1.165, 1.54) is 23.3 Å². The van der Waals surface area contributed by atoms with Gasteiger partial charge in [0, 0.05) is 32.9 Å². The van der Waals surface area contributed by atoms with Crippen molar-refractivity contribution in [1.82, 2.24) is 9.13 Å². The summed E-state index contributed by atoms with van der Waals surface area (Å²) in [6.07, 6.45) is 0. The zero-order valence-electron chi connectivity index (χ0n) is 28.2. The first-order valence-electron chi connectivity index (χ1n) is 16.6. The van der Waals surface area contributed by atoms with Gasteiger partial charge in [0.05, 0.1) is 22.1 Å². The van der Waals surface area contributed by atoms with Gasteiger partial charge in [-0.15, -0.1) is 0 Å².